The summed E-state index contributed by atoms with van der Waals surface area (Å²) in [7, 11) is 0. The van der Waals surface area contributed by atoms with Gasteiger partial charge in [0.1, 0.15) is 6.29 Å². The Morgan fingerprint density at radius 2 is 2.00 bits per heavy atom. The maximum Gasteiger partial charge on any atom is 0.124 e. The van der Waals surface area contributed by atoms with E-state index in [1.807, 2.05) is 0 Å². The SMILES string of the molecule is Cc1cc(C)cc(CN2CCCC(C=O)C2)c1. The largest absolute Gasteiger partial charge is 0.303 e. The number of aryl methyl sites for hydroxylation is 2. The molecule has 1 aromatic rings. The zero-order valence-corrected chi connectivity index (χ0v) is 10.8. The summed E-state index contributed by atoms with van der Waals surface area (Å²) in [5.41, 5.74) is 4.02. The third kappa shape index (κ3) is 3.40. The van der Waals surface area contributed by atoms with Gasteiger partial charge in [0.05, 0.1) is 0 Å². The third-order valence-corrected chi connectivity index (χ3v) is 3.42. The van der Waals surface area contributed by atoms with Gasteiger partial charge in [-0.2, -0.15) is 0 Å². The summed E-state index contributed by atoms with van der Waals surface area (Å²) < 4.78 is 0. The second-order valence-electron chi connectivity index (χ2n) is 5.27. The molecule has 0 radical (unpaired) electrons. The van der Waals surface area contributed by atoms with Gasteiger partial charge in [-0.1, -0.05) is 29.3 Å². The Hall–Kier alpha value is -1.15. The van der Waals surface area contributed by atoms with E-state index in [4.69, 9.17) is 0 Å². The van der Waals surface area contributed by atoms with Gasteiger partial charge in [-0.25, -0.2) is 0 Å². The van der Waals surface area contributed by atoms with Gasteiger partial charge in [-0.15, -0.1) is 0 Å². The van der Waals surface area contributed by atoms with Crippen molar-refractivity contribution in [2.24, 2.45) is 5.92 Å². The van der Waals surface area contributed by atoms with Crippen LogP contribution in [0.1, 0.15) is 29.5 Å². The van der Waals surface area contributed by atoms with Crippen LogP contribution in [0, 0.1) is 19.8 Å². The highest BCUT2D eigenvalue weighted by molar-refractivity contribution is 5.53. The molecule has 2 nitrogen and oxygen atoms in total. The van der Waals surface area contributed by atoms with E-state index >= 15 is 0 Å². The maximum atomic E-state index is 10.8. The van der Waals surface area contributed by atoms with E-state index in [0.717, 1.165) is 38.8 Å². The lowest BCUT2D eigenvalue weighted by atomic mass is 9.98. The molecule has 0 aliphatic carbocycles. The molecule has 1 aliphatic rings. The predicted octanol–water partition coefficient (Wildman–Crippen LogP) is 2.71. The van der Waals surface area contributed by atoms with E-state index in [9.17, 15) is 4.79 Å². The molecule has 0 spiro atoms. The van der Waals surface area contributed by atoms with Crippen LogP contribution in [-0.4, -0.2) is 24.3 Å². The second-order valence-corrected chi connectivity index (χ2v) is 5.27. The summed E-state index contributed by atoms with van der Waals surface area (Å²) >= 11 is 0. The second kappa shape index (κ2) is 5.46. The summed E-state index contributed by atoms with van der Waals surface area (Å²) in [6, 6.07) is 6.70. The van der Waals surface area contributed by atoms with Gasteiger partial charge in [-0.05, 0) is 38.8 Å². The molecule has 2 rings (SSSR count). The zero-order valence-electron chi connectivity index (χ0n) is 10.8. The van der Waals surface area contributed by atoms with Crippen molar-refractivity contribution < 1.29 is 4.79 Å². The third-order valence-electron chi connectivity index (χ3n) is 3.42. The first-order valence-corrected chi connectivity index (χ1v) is 6.42. The van der Waals surface area contributed by atoms with E-state index in [2.05, 4.69) is 36.9 Å². The van der Waals surface area contributed by atoms with Gasteiger partial charge in [0.15, 0.2) is 0 Å². The molecule has 1 unspecified atom stereocenters. The number of aldehydes is 1. The fourth-order valence-corrected chi connectivity index (χ4v) is 2.76. The monoisotopic (exact) mass is 231 g/mol. The van der Waals surface area contributed by atoms with Crippen LogP contribution in [-0.2, 0) is 11.3 Å². The highest BCUT2D eigenvalue weighted by Gasteiger charge is 2.19. The fourth-order valence-electron chi connectivity index (χ4n) is 2.76. The van der Waals surface area contributed by atoms with Crippen LogP contribution >= 0.6 is 0 Å². The lowest BCUT2D eigenvalue weighted by Gasteiger charge is -2.30. The van der Waals surface area contributed by atoms with Crippen LogP contribution in [0.4, 0.5) is 0 Å². The number of rotatable bonds is 3. The van der Waals surface area contributed by atoms with Crippen molar-refractivity contribution in [3.05, 3.63) is 34.9 Å². The van der Waals surface area contributed by atoms with Crippen LogP contribution in [0.25, 0.3) is 0 Å². The molecular weight excluding hydrogens is 210 g/mol. The average Bonchev–Trinajstić information content (AvgIpc) is 2.28. The molecule has 0 bridgehead atoms. The first-order valence-electron chi connectivity index (χ1n) is 6.42. The molecular formula is C15H21NO. The van der Waals surface area contributed by atoms with Gasteiger partial charge in [0, 0.05) is 19.0 Å². The summed E-state index contributed by atoms with van der Waals surface area (Å²) in [5.74, 6) is 0.245. The van der Waals surface area contributed by atoms with Crippen LogP contribution < -0.4 is 0 Å². The average molecular weight is 231 g/mol. The minimum atomic E-state index is 0.245. The standard InChI is InChI=1S/C15H21NO/c1-12-6-13(2)8-15(7-12)10-16-5-3-4-14(9-16)11-17/h6-8,11,14H,3-5,9-10H2,1-2H3. The molecule has 0 amide bonds. The highest BCUT2D eigenvalue weighted by atomic mass is 16.1. The number of hydrogen-bond acceptors (Lipinski definition) is 2. The van der Waals surface area contributed by atoms with Crippen LogP contribution in [0.15, 0.2) is 18.2 Å². The zero-order chi connectivity index (χ0) is 12.3. The Balaban J connectivity index is 2.02. The Morgan fingerprint density at radius 1 is 1.29 bits per heavy atom. The lowest BCUT2D eigenvalue weighted by Crippen LogP contribution is -2.35. The maximum absolute atomic E-state index is 10.8. The lowest BCUT2D eigenvalue weighted by molar-refractivity contribution is -0.112. The molecule has 1 fully saturated rings. The van der Waals surface area contributed by atoms with Gasteiger partial charge in [-0.3, -0.25) is 4.90 Å². The Bertz CT molecular complexity index is 380. The molecule has 1 aliphatic heterocycles. The first-order chi connectivity index (χ1) is 8.17. The van der Waals surface area contributed by atoms with E-state index in [0.29, 0.717) is 0 Å². The van der Waals surface area contributed by atoms with Crippen molar-refractivity contribution in [2.75, 3.05) is 13.1 Å². The van der Waals surface area contributed by atoms with E-state index in [-0.39, 0.29) is 5.92 Å². The molecule has 0 saturated carbocycles. The van der Waals surface area contributed by atoms with Crippen molar-refractivity contribution in [1.29, 1.82) is 0 Å². The predicted molar refractivity (Wildman–Crippen MR) is 70.0 cm³/mol. The number of piperidine rings is 1. The molecule has 0 N–H and O–H groups in total. The summed E-state index contributed by atoms with van der Waals surface area (Å²) in [5, 5.41) is 0. The molecule has 1 aromatic carbocycles. The molecule has 17 heavy (non-hydrogen) atoms. The van der Waals surface area contributed by atoms with Gasteiger partial charge >= 0.3 is 0 Å². The summed E-state index contributed by atoms with van der Waals surface area (Å²) in [6.07, 6.45) is 3.33. The van der Waals surface area contributed by atoms with Crippen LogP contribution in [0.3, 0.4) is 0 Å². The Labute approximate surface area is 104 Å². The molecule has 92 valence electrons. The minimum absolute atomic E-state index is 0.245. The smallest absolute Gasteiger partial charge is 0.124 e. The molecule has 2 heteroatoms. The van der Waals surface area contributed by atoms with Gasteiger partial charge < -0.3 is 4.79 Å². The van der Waals surface area contributed by atoms with Crippen molar-refractivity contribution in [2.45, 2.75) is 33.2 Å². The number of benzene rings is 1. The number of likely N-dealkylation sites (tertiary alicyclic amines) is 1. The number of nitrogens with zero attached hydrogens (tertiary/aromatic N) is 1. The summed E-state index contributed by atoms with van der Waals surface area (Å²) in [4.78, 5) is 13.2. The number of carbonyl (C=O) groups is 1. The first kappa shape index (κ1) is 12.3. The number of carbonyl (C=O) groups excluding carboxylic acids is 1. The van der Waals surface area contributed by atoms with E-state index in [1.54, 1.807) is 0 Å². The Kier molecular flexibility index (Phi) is 3.95. The van der Waals surface area contributed by atoms with E-state index in [1.165, 1.54) is 16.7 Å². The number of hydrogen-bond donors (Lipinski definition) is 0. The van der Waals surface area contributed by atoms with Gasteiger partial charge in [0.2, 0.25) is 0 Å². The van der Waals surface area contributed by atoms with E-state index < -0.39 is 0 Å². The highest BCUT2D eigenvalue weighted by Crippen LogP contribution is 2.18. The Morgan fingerprint density at radius 3 is 2.65 bits per heavy atom. The van der Waals surface area contributed by atoms with Crippen molar-refractivity contribution >= 4 is 6.29 Å². The van der Waals surface area contributed by atoms with Crippen molar-refractivity contribution in [3.8, 4) is 0 Å². The van der Waals surface area contributed by atoms with Crippen molar-refractivity contribution in [1.82, 2.24) is 4.90 Å². The normalized spacial score (nSPS) is 21.4. The summed E-state index contributed by atoms with van der Waals surface area (Å²) in [6.45, 7) is 7.31. The van der Waals surface area contributed by atoms with Crippen LogP contribution in [0.2, 0.25) is 0 Å². The molecule has 1 saturated heterocycles. The minimum Gasteiger partial charge on any atom is -0.303 e. The quantitative estimate of drug-likeness (QED) is 0.745. The van der Waals surface area contributed by atoms with Crippen LogP contribution in [0.5, 0.6) is 0 Å². The molecule has 0 aromatic heterocycles. The van der Waals surface area contributed by atoms with Crippen molar-refractivity contribution in [3.63, 3.8) is 0 Å². The molecule has 1 heterocycles. The fraction of sp³-hybridized carbons (Fsp3) is 0.533. The van der Waals surface area contributed by atoms with Gasteiger partial charge in [0.25, 0.3) is 0 Å². The molecule has 1 atom stereocenters. The topological polar surface area (TPSA) is 20.3 Å².